The predicted octanol–water partition coefficient (Wildman–Crippen LogP) is 4.47. The molecule has 0 unspecified atom stereocenters. The maximum absolute atomic E-state index is 9.23. The van der Waals surface area contributed by atoms with E-state index in [0.717, 1.165) is 10.2 Å². The van der Waals surface area contributed by atoms with Gasteiger partial charge in [0.15, 0.2) is 0 Å². The Bertz CT molecular complexity index is 649. The van der Waals surface area contributed by atoms with Crippen molar-refractivity contribution < 1.29 is 4.74 Å². The molecular weight excluding hydrogens is 328 g/mol. The smallest absolute Gasteiger partial charge is 0.103 e. The van der Waals surface area contributed by atoms with Crippen molar-refractivity contribution >= 4 is 21.6 Å². The molecule has 0 fully saturated rings. The summed E-state index contributed by atoms with van der Waals surface area (Å²) in [5, 5.41) is 12.6. The first-order chi connectivity index (χ1) is 10.3. The molecule has 3 nitrogen and oxygen atoms in total. The van der Waals surface area contributed by atoms with Crippen molar-refractivity contribution in [3.8, 4) is 6.07 Å². The summed E-state index contributed by atoms with van der Waals surface area (Å²) in [7, 11) is 0. The molecule has 0 saturated carbocycles. The van der Waals surface area contributed by atoms with Gasteiger partial charge in [0.05, 0.1) is 17.9 Å². The van der Waals surface area contributed by atoms with Crippen LogP contribution in [0, 0.1) is 11.3 Å². The van der Waals surface area contributed by atoms with Crippen molar-refractivity contribution in [3.63, 3.8) is 0 Å². The SMILES string of the molecule is CCOCc1ccccc1CNc1cccc(Br)c1C#N. The summed E-state index contributed by atoms with van der Waals surface area (Å²) < 4.78 is 6.29. The van der Waals surface area contributed by atoms with Crippen LogP contribution in [0.5, 0.6) is 0 Å². The maximum atomic E-state index is 9.23. The molecule has 0 aromatic heterocycles. The second-order valence-electron chi connectivity index (χ2n) is 4.53. The number of nitrogens with one attached hydrogen (secondary N) is 1. The largest absolute Gasteiger partial charge is 0.380 e. The Hall–Kier alpha value is -1.83. The van der Waals surface area contributed by atoms with E-state index < -0.39 is 0 Å². The van der Waals surface area contributed by atoms with E-state index in [9.17, 15) is 5.26 Å². The molecule has 0 aliphatic rings. The highest BCUT2D eigenvalue weighted by molar-refractivity contribution is 9.10. The molecule has 0 aliphatic carbocycles. The van der Waals surface area contributed by atoms with Gasteiger partial charge in [-0.3, -0.25) is 0 Å². The van der Waals surface area contributed by atoms with Gasteiger partial charge >= 0.3 is 0 Å². The normalized spacial score (nSPS) is 10.1. The summed E-state index contributed by atoms with van der Waals surface area (Å²) in [4.78, 5) is 0. The third-order valence-corrected chi connectivity index (χ3v) is 3.84. The van der Waals surface area contributed by atoms with Crippen LogP contribution >= 0.6 is 15.9 Å². The van der Waals surface area contributed by atoms with Crippen molar-refractivity contribution in [1.29, 1.82) is 5.26 Å². The van der Waals surface area contributed by atoms with Crippen LogP contribution in [0.4, 0.5) is 5.69 Å². The fourth-order valence-electron chi connectivity index (χ4n) is 2.06. The number of anilines is 1. The average molecular weight is 345 g/mol. The van der Waals surface area contributed by atoms with Crippen LogP contribution in [-0.2, 0) is 17.9 Å². The van der Waals surface area contributed by atoms with Gasteiger partial charge < -0.3 is 10.1 Å². The van der Waals surface area contributed by atoms with Crippen LogP contribution in [0.25, 0.3) is 0 Å². The Kier molecular flexibility index (Phi) is 5.79. The minimum atomic E-state index is 0.609. The molecule has 0 aliphatic heterocycles. The monoisotopic (exact) mass is 344 g/mol. The summed E-state index contributed by atoms with van der Waals surface area (Å²) in [6.45, 7) is 3.96. The predicted molar refractivity (Wildman–Crippen MR) is 88.0 cm³/mol. The number of hydrogen-bond donors (Lipinski definition) is 1. The number of benzene rings is 2. The van der Waals surface area contributed by atoms with E-state index in [1.54, 1.807) is 0 Å². The Morgan fingerprint density at radius 1 is 1.14 bits per heavy atom. The minimum absolute atomic E-state index is 0.609. The molecular formula is C17H17BrN2O. The Labute approximate surface area is 133 Å². The molecule has 0 heterocycles. The molecule has 2 aromatic carbocycles. The number of nitrogens with zero attached hydrogens (tertiary/aromatic N) is 1. The number of hydrogen-bond acceptors (Lipinski definition) is 3. The van der Waals surface area contributed by atoms with Gasteiger partial charge in [0.1, 0.15) is 6.07 Å². The van der Waals surface area contributed by atoms with Crippen molar-refractivity contribution in [2.45, 2.75) is 20.1 Å². The summed E-state index contributed by atoms with van der Waals surface area (Å²) in [5.41, 5.74) is 3.80. The van der Waals surface area contributed by atoms with E-state index in [2.05, 4.69) is 39.4 Å². The molecule has 0 amide bonds. The lowest BCUT2D eigenvalue weighted by molar-refractivity contribution is 0.133. The standard InChI is InChI=1S/C17H17BrN2O/c1-2-21-12-14-7-4-3-6-13(14)11-20-17-9-5-8-16(18)15(17)10-19/h3-9,20H,2,11-12H2,1H3. The summed E-state index contributed by atoms with van der Waals surface area (Å²) in [6.07, 6.45) is 0. The van der Waals surface area contributed by atoms with Gasteiger partial charge in [-0.1, -0.05) is 30.3 Å². The summed E-state index contributed by atoms with van der Waals surface area (Å²) in [6, 6.07) is 16.1. The molecule has 0 radical (unpaired) electrons. The number of ether oxygens (including phenoxy) is 1. The molecule has 21 heavy (non-hydrogen) atoms. The van der Waals surface area contributed by atoms with E-state index in [-0.39, 0.29) is 0 Å². The van der Waals surface area contributed by atoms with Gasteiger partial charge in [-0.05, 0) is 46.1 Å². The first kappa shape index (κ1) is 15.6. The molecule has 108 valence electrons. The number of nitriles is 1. The van der Waals surface area contributed by atoms with Crippen LogP contribution in [0.15, 0.2) is 46.9 Å². The van der Waals surface area contributed by atoms with Gasteiger partial charge in [0.25, 0.3) is 0 Å². The highest BCUT2D eigenvalue weighted by atomic mass is 79.9. The van der Waals surface area contributed by atoms with Crippen LogP contribution < -0.4 is 5.32 Å². The van der Waals surface area contributed by atoms with E-state index in [1.807, 2.05) is 37.3 Å². The molecule has 1 N–H and O–H groups in total. The van der Waals surface area contributed by atoms with E-state index in [4.69, 9.17) is 4.74 Å². The van der Waals surface area contributed by atoms with E-state index in [0.29, 0.717) is 25.3 Å². The highest BCUT2D eigenvalue weighted by Crippen LogP contribution is 2.24. The van der Waals surface area contributed by atoms with E-state index >= 15 is 0 Å². The number of rotatable bonds is 6. The Morgan fingerprint density at radius 2 is 1.90 bits per heavy atom. The molecule has 4 heteroatoms. The lowest BCUT2D eigenvalue weighted by atomic mass is 10.1. The van der Waals surface area contributed by atoms with Crippen LogP contribution in [-0.4, -0.2) is 6.61 Å². The fourth-order valence-corrected chi connectivity index (χ4v) is 2.51. The van der Waals surface area contributed by atoms with Crippen molar-refractivity contribution in [1.82, 2.24) is 0 Å². The third-order valence-electron chi connectivity index (χ3n) is 3.17. The Morgan fingerprint density at radius 3 is 2.62 bits per heavy atom. The van der Waals surface area contributed by atoms with Crippen LogP contribution in [0.3, 0.4) is 0 Å². The van der Waals surface area contributed by atoms with Gasteiger partial charge in [-0.15, -0.1) is 0 Å². The maximum Gasteiger partial charge on any atom is 0.103 e. The molecule has 0 bridgehead atoms. The fraction of sp³-hybridized carbons (Fsp3) is 0.235. The first-order valence-electron chi connectivity index (χ1n) is 6.83. The second kappa shape index (κ2) is 7.82. The summed E-state index contributed by atoms with van der Waals surface area (Å²) in [5.74, 6) is 0. The van der Waals surface area contributed by atoms with Crippen LogP contribution in [0.1, 0.15) is 23.6 Å². The van der Waals surface area contributed by atoms with Crippen molar-refractivity contribution in [2.75, 3.05) is 11.9 Å². The Balaban J connectivity index is 2.14. The average Bonchev–Trinajstić information content (AvgIpc) is 2.51. The van der Waals surface area contributed by atoms with Gasteiger partial charge in [0.2, 0.25) is 0 Å². The molecule has 0 saturated heterocycles. The molecule has 0 atom stereocenters. The number of halogens is 1. The lowest BCUT2D eigenvalue weighted by Gasteiger charge is -2.13. The van der Waals surface area contributed by atoms with Gasteiger partial charge in [0, 0.05) is 17.6 Å². The molecule has 0 spiro atoms. The zero-order chi connectivity index (χ0) is 15.1. The van der Waals surface area contributed by atoms with E-state index in [1.165, 1.54) is 11.1 Å². The first-order valence-corrected chi connectivity index (χ1v) is 7.62. The molecule has 2 rings (SSSR count). The van der Waals surface area contributed by atoms with Crippen molar-refractivity contribution in [2.24, 2.45) is 0 Å². The third kappa shape index (κ3) is 4.07. The van der Waals surface area contributed by atoms with Crippen LogP contribution in [0.2, 0.25) is 0 Å². The summed E-state index contributed by atoms with van der Waals surface area (Å²) >= 11 is 3.40. The quantitative estimate of drug-likeness (QED) is 0.840. The molecule has 2 aromatic rings. The van der Waals surface area contributed by atoms with Gasteiger partial charge in [-0.2, -0.15) is 5.26 Å². The topological polar surface area (TPSA) is 45.0 Å². The second-order valence-corrected chi connectivity index (χ2v) is 5.39. The van der Waals surface area contributed by atoms with Gasteiger partial charge in [-0.25, -0.2) is 0 Å². The van der Waals surface area contributed by atoms with Crippen molar-refractivity contribution in [3.05, 3.63) is 63.6 Å². The lowest BCUT2D eigenvalue weighted by Crippen LogP contribution is -2.05. The zero-order valence-corrected chi connectivity index (χ0v) is 13.5. The zero-order valence-electron chi connectivity index (χ0n) is 11.9. The highest BCUT2D eigenvalue weighted by Gasteiger charge is 2.07. The minimum Gasteiger partial charge on any atom is -0.380 e.